The topological polar surface area (TPSA) is 42.7 Å². The van der Waals surface area contributed by atoms with Gasteiger partial charge in [0.15, 0.2) is 0 Å². The van der Waals surface area contributed by atoms with Gasteiger partial charge in [0.1, 0.15) is 0 Å². The maximum atomic E-state index is 4.30. The van der Waals surface area contributed by atoms with Crippen molar-refractivity contribution in [3.63, 3.8) is 0 Å². The quantitative estimate of drug-likeness (QED) is 0.779. The van der Waals surface area contributed by atoms with E-state index >= 15 is 0 Å². The average molecular weight is 236 g/mol. The van der Waals surface area contributed by atoms with Crippen LogP contribution in [-0.4, -0.2) is 27.9 Å². The molecule has 0 amide bonds. The van der Waals surface area contributed by atoms with Gasteiger partial charge in [0.2, 0.25) is 5.13 Å². The summed E-state index contributed by atoms with van der Waals surface area (Å²) in [4.78, 5) is 4.22. The molecular weight excluding hydrogens is 220 g/mol. The van der Waals surface area contributed by atoms with Gasteiger partial charge in [0, 0.05) is 17.8 Å². The molecule has 2 aromatic rings. The summed E-state index contributed by atoms with van der Waals surface area (Å²) < 4.78 is 1.84. The highest BCUT2D eigenvalue weighted by Crippen LogP contribution is 2.11. The van der Waals surface area contributed by atoms with Crippen LogP contribution < -0.4 is 5.32 Å². The number of aryl methyl sites for hydroxylation is 1. The molecule has 0 radical (unpaired) electrons. The first kappa shape index (κ1) is 11.3. The second-order valence-corrected chi connectivity index (χ2v) is 4.44. The molecule has 0 spiro atoms. The maximum Gasteiger partial charge on any atom is 0.210 e. The zero-order valence-electron chi connectivity index (χ0n) is 9.39. The Morgan fingerprint density at radius 2 is 2.44 bits per heavy atom. The van der Waals surface area contributed by atoms with Gasteiger partial charge in [-0.05, 0) is 31.5 Å². The minimum atomic E-state index is 0.929. The minimum Gasteiger partial charge on any atom is -0.317 e. The fourth-order valence-corrected chi connectivity index (χ4v) is 2.09. The molecule has 4 nitrogen and oxygen atoms in total. The summed E-state index contributed by atoms with van der Waals surface area (Å²) in [5, 5.41) is 10.5. The average Bonchev–Trinajstić information content (AvgIpc) is 2.94. The predicted octanol–water partition coefficient (Wildman–Crippen LogP) is 1.87. The second-order valence-electron chi connectivity index (χ2n) is 3.56. The summed E-state index contributed by atoms with van der Waals surface area (Å²) in [6.45, 7) is 4.23. The van der Waals surface area contributed by atoms with E-state index in [2.05, 4.69) is 28.5 Å². The highest BCUT2D eigenvalue weighted by atomic mass is 32.1. The van der Waals surface area contributed by atoms with E-state index in [1.165, 1.54) is 5.56 Å². The van der Waals surface area contributed by atoms with E-state index in [0.29, 0.717) is 0 Å². The summed E-state index contributed by atoms with van der Waals surface area (Å²) in [5.41, 5.74) is 1.27. The van der Waals surface area contributed by atoms with E-state index in [4.69, 9.17) is 0 Å². The van der Waals surface area contributed by atoms with Crippen LogP contribution in [0.3, 0.4) is 0 Å². The lowest BCUT2D eigenvalue weighted by atomic mass is 10.2. The molecule has 2 heterocycles. The van der Waals surface area contributed by atoms with E-state index in [9.17, 15) is 0 Å². The standard InChI is InChI=1S/C11H16N4S/c1-2-12-5-3-4-10-8-14-15(9-10)11-13-6-7-16-11/h6-9,12H,2-5H2,1H3. The summed E-state index contributed by atoms with van der Waals surface area (Å²) >= 11 is 1.60. The van der Waals surface area contributed by atoms with Crippen LogP contribution in [0.25, 0.3) is 5.13 Å². The van der Waals surface area contributed by atoms with Crippen molar-refractivity contribution in [3.05, 3.63) is 29.5 Å². The molecule has 1 N–H and O–H groups in total. The third-order valence-corrected chi connectivity index (χ3v) is 3.08. The van der Waals surface area contributed by atoms with Crippen LogP contribution in [-0.2, 0) is 6.42 Å². The molecule has 0 fully saturated rings. The SMILES string of the molecule is CCNCCCc1cnn(-c2nccs2)c1. The van der Waals surface area contributed by atoms with Crippen LogP contribution in [0.1, 0.15) is 18.9 Å². The van der Waals surface area contributed by atoms with Crippen molar-refractivity contribution in [2.45, 2.75) is 19.8 Å². The van der Waals surface area contributed by atoms with E-state index in [0.717, 1.165) is 31.1 Å². The fraction of sp³-hybridized carbons (Fsp3) is 0.455. The lowest BCUT2D eigenvalue weighted by Crippen LogP contribution is -2.14. The Morgan fingerprint density at radius 1 is 1.50 bits per heavy atom. The molecule has 2 aromatic heterocycles. The van der Waals surface area contributed by atoms with Gasteiger partial charge in [-0.15, -0.1) is 11.3 Å². The molecule has 16 heavy (non-hydrogen) atoms. The van der Waals surface area contributed by atoms with Crippen LogP contribution in [0.2, 0.25) is 0 Å². The van der Waals surface area contributed by atoms with Gasteiger partial charge in [-0.25, -0.2) is 9.67 Å². The number of nitrogens with zero attached hydrogens (tertiary/aromatic N) is 3. The molecule has 5 heteroatoms. The molecule has 2 rings (SSSR count). The Hall–Kier alpha value is -1.20. The first-order chi connectivity index (χ1) is 7.90. The van der Waals surface area contributed by atoms with Crippen molar-refractivity contribution >= 4 is 11.3 Å². The predicted molar refractivity (Wildman–Crippen MR) is 66.1 cm³/mol. The Morgan fingerprint density at radius 3 is 3.19 bits per heavy atom. The van der Waals surface area contributed by atoms with Gasteiger partial charge in [-0.3, -0.25) is 0 Å². The van der Waals surface area contributed by atoms with Crippen LogP contribution in [0.5, 0.6) is 0 Å². The van der Waals surface area contributed by atoms with Crippen LogP contribution in [0.4, 0.5) is 0 Å². The molecule has 0 aliphatic heterocycles. The third kappa shape index (κ3) is 2.90. The maximum absolute atomic E-state index is 4.30. The van der Waals surface area contributed by atoms with Gasteiger partial charge >= 0.3 is 0 Å². The number of thiazole rings is 1. The van der Waals surface area contributed by atoms with Gasteiger partial charge in [0.05, 0.1) is 6.20 Å². The third-order valence-electron chi connectivity index (χ3n) is 2.32. The molecule has 0 aliphatic carbocycles. The Balaban J connectivity index is 1.88. The monoisotopic (exact) mass is 236 g/mol. The molecule has 0 saturated carbocycles. The summed E-state index contributed by atoms with van der Waals surface area (Å²) in [6, 6.07) is 0. The van der Waals surface area contributed by atoms with Gasteiger partial charge in [-0.1, -0.05) is 6.92 Å². The van der Waals surface area contributed by atoms with Crippen LogP contribution in [0, 0.1) is 0 Å². The molecule has 0 aromatic carbocycles. The minimum absolute atomic E-state index is 0.929. The Bertz CT molecular complexity index is 407. The van der Waals surface area contributed by atoms with Crippen molar-refractivity contribution in [3.8, 4) is 5.13 Å². The first-order valence-corrected chi connectivity index (χ1v) is 6.42. The molecular formula is C11H16N4S. The zero-order chi connectivity index (χ0) is 11.2. The fourth-order valence-electron chi connectivity index (χ4n) is 1.52. The van der Waals surface area contributed by atoms with Gasteiger partial charge < -0.3 is 5.32 Å². The van der Waals surface area contributed by atoms with E-state index < -0.39 is 0 Å². The molecule has 0 unspecified atom stereocenters. The molecule has 0 bridgehead atoms. The van der Waals surface area contributed by atoms with Crippen molar-refractivity contribution in [1.82, 2.24) is 20.1 Å². The summed E-state index contributed by atoms with van der Waals surface area (Å²) in [7, 11) is 0. The summed E-state index contributed by atoms with van der Waals surface area (Å²) in [6.07, 6.45) is 8.00. The van der Waals surface area contributed by atoms with E-state index in [1.54, 1.807) is 17.5 Å². The van der Waals surface area contributed by atoms with Crippen molar-refractivity contribution in [2.75, 3.05) is 13.1 Å². The number of hydrogen-bond acceptors (Lipinski definition) is 4. The normalized spacial score (nSPS) is 10.8. The van der Waals surface area contributed by atoms with E-state index in [1.807, 2.05) is 16.3 Å². The second kappa shape index (κ2) is 5.77. The van der Waals surface area contributed by atoms with Crippen molar-refractivity contribution < 1.29 is 0 Å². The lowest BCUT2D eigenvalue weighted by Gasteiger charge is -1.98. The van der Waals surface area contributed by atoms with Crippen LogP contribution >= 0.6 is 11.3 Å². The Labute approximate surface area is 99.3 Å². The van der Waals surface area contributed by atoms with Gasteiger partial charge in [0.25, 0.3) is 0 Å². The largest absolute Gasteiger partial charge is 0.317 e. The first-order valence-electron chi connectivity index (χ1n) is 5.54. The van der Waals surface area contributed by atoms with Gasteiger partial charge in [-0.2, -0.15) is 5.10 Å². The van der Waals surface area contributed by atoms with Crippen molar-refractivity contribution in [2.24, 2.45) is 0 Å². The number of nitrogens with one attached hydrogen (secondary N) is 1. The highest BCUT2D eigenvalue weighted by molar-refractivity contribution is 7.12. The summed E-state index contributed by atoms with van der Waals surface area (Å²) in [5.74, 6) is 0. The Kier molecular flexibility index (Phi) is 4.07. The zero-order valence-corrected chi connectivity index (χ0v) is 10.2. The molecule has 0 atom stereocenters. The smallest absolute Gasteiger partial charge is 0.210 e. The van der Waals surface area contributed by atoms with E-state index in [-0.39, 0.29) is 0 Å². The van der Waals surface area contributed by atoms with Crippen LogP contribution in [0.15, 0.2) is 24.0 Å². The number of hydrogen-bond donors (Lipinski definition) is 1. The molecule has 0 saturated heterocycles. The number of rotatable bonds is 6. The lowest BCUT2D eigenvalue weighted by molar-refractivity contribution is 0.672. The number of aromatic nitrogens is 3. The molecule has 0 aliphatic rings. The van der Waals surface area contributed by atoms with Crippen molar-refractivity contribution in [1.29, 1.82) is 0 Å². The highest BCUT2D eigenvalue weighted by Gasteiger charge is 2.02. The molecule has 86 valence electrons.